The molecule has 1 heterocycles. The van der Waals surface area contributed by atoms with Crippen molar-refractivity contribution in [3.05, 3.63) is 64.7 Å². The number of nitrogens with zero attached hydrogens (tertiary/aromatic N) is 1. The molecule has 0 aromatic heterocycles. The number of amides is 1. The largest absolute Gasteiger partial charge is 0.355 e. The normalized spacial score (nSPS) is 15.8. The van der Waals surface area contributed by atoms with Gasteiger partial charge < -0.3 is 5.32 Å². The molecule has 1 saturated heterocycles. The standard InChI is InChI=1S/C22H27ClN2O3S2/c1-17-6-8-20(9-7-17)30(27,28)25-13-10-18(11-14-25)22(26)24-12-15-29-16-19-4-2-3-5-21(19)23/h2-9,18H,10-16H2,1H3,(H,24,26). The second kappa shape index (κ2) is 10.7. The fourth-order valence-electron chi connectivity index (χ4n) is 3.41. The first-order valence-electron chi connectivity index (χ1n) is 10.0. The Kier molecular flexibility index (Phi) is 8.22. The van der Waals surface area contributed by atoms with E-state index in [1.807, 2.05) is 31.2 Å². The number of halogens is 1. The molecule has 1 N–H and O–H groups in total. The van der Waals surface area contributed by atoms with E-state index in [1.165, 1.54) is 4.31 Å². The topological polar surface area (TPSA) is 66.5 Å². The fourth-order valence-corrected chi connectivity index (χ4v) is 6.02. The predicted molar refractivity (Wildman–Crippen MR) is 123 cm³/mol. The molecule has 30 heavy (non-hydrogen) atoms. The maximum atomic E-state index is 12.8. The van der Waals surface area contributed by atoms with E-state index < -0.39 is 10.0 Å². The van der Waals surface area contributed by atoms with Crippen LogP contribution in [0.2, 0.25) is 5.02 Å². The van der Waals surface area contributed by atoms with Gasteiger partial charge in [0.25, 0.3) is 0 Å². The van der Waals surface area contributed by atoms with E-state index in [0.29, 0.717) is 37.4 Å². The number of benzene rings is 2. The molecule has 2 aromatic rings. The lowest BCUT2D eigenvalue weighted by atomic mass is 9.97. The molecule has 5 nitrogen and oxygen atoms in total. The summed E-state index contributed by atoms with van der Waals surface area (Å²) in [5.41, 5.74) is 2.12. The van der Waals surface area contributed by atoms with Crippen LogP contribution in [0.5, 0.6) is 0 Å². The molecule has 1 aliphatic heterocycles. The first-order chi connectivity index (χ1) is 14.4. The summed E-state index contributed by atoms with van der Waals surface area (Å²) in [6, 6.07) is 14.7. The highest BCUT2D eigenvalue weighted by molar-refractivity contribution is 7.98. The number of thioether (sulfide) groups is 1. The molecule has 1 fully saturated rings. The van der Waals surface area contributed by atoms with Crippen LogP contribution in [0, 0.1) is 12.8 Å². The Balaban J connectivity index is 1.40. The molecule has 2 aromatic carbocycles. The Morgan fingerprint density at radius 2 is 1.80 bits per heavy atom. The monoisotopic (exact) mass is 466 g/mol. The van der Waals surface area contributed by atoms with E-state index in [-0.39, 0.29) is 11.8 Å². The van der Waals surface area contributed by atoms with Gasteiger partial charge >= 0.3 is 0 Å². The van der Waals surface area contributed by atoms with Gasteiger partial charge in [-0.2, -0.15) is 16.1 Å². The van der Waals surface area contributed by atoms with Crippen molar-refractivity contribution in [3.8, 4) is 0 Å². The highest BCUT2D eigenvalue weighted by atomic mass is 35.5. The second-order valence-corrected chi connectivity index (χ2v) is 10.9. The van der Waals surface area contributed by atoms with Crippen LogP contribution >= 0.6 is 23.4 Å². The van der Waals surface area contributed by atoms with Crippen LogP contribution in [0.4, 0.5) is 0 Å². The number of sulfonamides is 1. The van der Waals surface area contributed by atoms with Crippen LogP contribution < -0.4 is 5.32 Å². The lowest BCUT2D eigenvalue weighted by Crippen LogP contribution is -2.43. The van der Waals surface area contributed by atoms with E-state index in [1.54, 1.807) is 36.0 Å². The zero-order valence-corrected chi connectivity index (χ0v) is 19.4. The van der Waals surface area contributed by atoms with Crippen LogP contribution in [-0.4, -0.2) is 44.0 Å². The molecule has 0 saturated carbocycles. The molecule has 0 bridgehead atoms. The first-order valence-corrected chi connectivity index (χ1v) is 13.0. The zero-order valence-electron chi connectivity index (χ0n) is 17.0. The van der Waals surface area contributed by atoms with Crippen molar-refractivity contribution in [3.63, 3.8) is 0 Å². The van der Waals surface area contributed by atoms with Gasteiger partial charge in [-0.3, -0.25) is 4.79 Å². The lowest BCUT2D eigenvalue weighted by molar-refractivity contribution is -0.125. The maximum absolute atomic E-state index is 12.8. The summed E-state index contributed by atoms with van der Waals surface area (Å²) in [7, 11) is -3.49. The Morgan fingerprint density at radius 1 is 1.13 bits per heavy atom. The Labute approximate surface area is 188 Å². The van der Waals surface area contributed by atoms with Gasteiger partial charge in [-0.25, -0.2) is 8.42 Å². The number of hydrogen-bond acceptors (Lipinski definition) is 4. The highest BCUT2D eigenvalue weighted by Crippen LogP contribution is 2.24. The van der Waals surface area contributed by atoms with Crippen LogP contribution in [-0.2, 0) is 20.6 Å². The quantitative estimate of drug-likeness (QED) is 0.595. The summed E-state index contributed by atoms with van der Waals surface area (Å²) in [4.78, 5) is 12.8. The maximum Gasteiger partial charge on any atom is 0.243 e. The molecule has 0 aliphatic carbocycles. The number of aryl methyl sites for hydroxylation is 1. The Bertz CT molecular complexity index is 957. The van der Waals surface area contributed by atoms with Crippen molar-refractivity contribution in [2.45, 2.75) is 30.4 Å². The molecule has 0 atom stereocenters. The van der Waals surface area contributed by atoms with Gasteiger partial charge in [-0.05, 0) is 43.5 Å². The van der Waals surface area contributed by atoms with Crippen LogP contribution in [0.3, 0.4) is 0 Å². The molecule has 0 unspecified atom stereocenters. The summed E-state index contributed by atoms with van der Waals surface area (Å²) in [5.74, 6) is 1.49. The molecule has 3 rings (SSSR count). The van der Waals surface area contributed by atoms with Gasteiger partial charge in [-0.1, -0.05) is 47.5 Å². The van der Waals surface area contributed by atoms with Crippen molar-refractivity contribution in [2.24, 2.45) is 5.92 Å². The van der Waals surface area contributed by atoms with Crippen LogP contribution in [0.1, 0.15) is 24.0 Å². The smallest absolute Gasteiger partial charge is 0.243 e. The van der Waals surface area contributed by atoms with Crippen molar-refractivity contribution < 1.29 is 13.2 Å². The SMILES string of the molecule is Cc1ccc(S(=O)(=O)N2CCC(C(=O)NCCSCc3ccccc3Cl)CC2)cc1. The van der Waals surface area contributed by atoms with Crippen molar-refractivity contribution >= 4 is 39.3 Å². The molecular formula is C22H27ClN2O3S2. The van der Waals surface area contributed by atoms with Gasteiger partial charge in [-0.15, -0.1) is 0 Å². The summed E-state index contributed by atoms with van der Waals surface area (Å²) >= 11 is 7.87. The third-order valence-corrected chi connectivity index (χ3v) is 8.53. The van der Waals surface area contributed by atoms with E-state index in [4.69, 9.17) is 11.6 Å². The molecular weight excluding hydrogens is 440 g/mol. The Morgan fingerprint density at radius 3 is 2.47 bits per heavy atom. The van der Waals surface area contributed by atoms with E-state index in [0.717, 1.165) is 27.7 Å². The third kappa shape index (κ3) is 6.00. The highest BCUT2D eigenvalue weighted by Gasteiger charge is 2.31. The molecule has 0 radical (unpaired) electrons. The summed E-state index contributed by atoms with van der Waals surface area (Å²) < 4.78 is 27.0. The molecule has 1 aliphatic rings. The van der Waals surface area contributed by atoms with Gasteiger partial charge in [0.15, 0.2) is 0 Å². The summed E-state index contributed by atoms with van der Waals surface area (Å²) in [5, 5.41) is 3.75. The van der Waals surface area contributed by atoms with Crippen molar-refractivity contribution in [1.29, 1.82) is 0 Å². The average Bonchev–Trinajstić information content (AvgIpc) is 2.75. The summed E-state index contributed by atoms with van der Waals surface area (Å²) in [6.07, 6.45) is 1.09. The third-order valence-electron chi connectivity index (χ3n) is 5.24. The minimum Gasteiger partial charge on any atom is -0.355 e. The average molecular weight is 467 g/mol. The second-order valence-electron chi connectivity index (χ2n) is 7.43. The molecule has 1 amide bonds. The number of carbonyl (C=O) groups is 1. The fraction of sp³-hybridized carbons (Fsp3) is 0.409. The zero-order chi connectivity index (χ0) is 21.6. The lowest BCUT2D eigenvalue weighted by Gasteiger charge is -2.30. The molecule has 162 valence electrons. The number of nitrogens with one attached hydrogen (secondary N) is 1. The van der Waals surface area contributed by atoms with Gasteiger partial charge in [0.05, 0.1) is 4.90 Å². The van der Waals surface area contributed by atoms with Gasteiger partial charge in [0, 0.05) is 42.1 Å². The Hall–Kier alpha value is -1.54. The minimum absolute atomic E-state index is 0.0146. The predicted octanol–water partition coefficient (Wildman–Crippen LogP) is 4.10. The summed E-state index contributed by atoms with van der Waals surface area (Å²) in [6.45, 7) is 3.26. The van der Waals surface area contributed by atoms with E-state index in [2.05, 4.69) is 5.32 Å². The van der Waals surface area contributed by atoms with Gasteiger partial charge in [0.1, 0.15) is 0 Å². The van der Waals surface area contributed by atoms with Gasteiger partial charge in [0.2, 0.25) is 15.9 Å². The minimum atomic E-state index is -3.49. The number of piperidine rings is 1. The molecule has 8 heteroatoms. The number of rotatable bonds is 8. The number of carbonyl (C=O) groups excluding carboxylic acids is 1. The number of hydrogen-bond donors (Lipinski definition) is 1. The van der Waals surface area contributed by atoms with Crippen LogP contribution in [0.25, 0.3) is 0 Å². The van der Waals surface area contributed by atoms with Crippen molar-refractivity contribution in [2.75, 3.05) is 25.4 Å². The van der Waals surface area contributed by atoms with E-state index >= 15 is 0 Å². The molecule has 0 spiro atoms. The first kappa shape index (κ1) is 23.1. The van der Waals surface area contributed by atoms with Crippen molar-refractivity contribution in [1.82, 2.24) is 9.62 Å². The van der Waals surface area contributed by atoms with E-state index in [9.17, 15) is 13.2 Å². The van der Waals surface area contributed by atoms with Crippen LogP contribution in [0.15, 0.2) is 53.4 Å².